The van der Waals surface area contributed by atoms with Gasteiger partial charge in [0.15, 0.2) is 10.9 Å². The van der Waals surface area contributed by atoms with Crippen molar-refractivity contribution in [3.63, 3.8) is 0 Å². The molecule has 0 aliphatic rings. The molecule has 3 N–H and O–H groups in total. The van der Waals surface area contributed by atoms with Crippen molar-refractivity contribution in [3.8, 4) is 5.75 Å². The minimum atomic E-state index is -4.06. The Labute approximate surface area is 160 Å². The molecule has 132 valence electrons. The lowest BCUT2D eigenvalue weighted by Gasteiger charge is -2.11. The van der Waals surface area contributed by atoms with Gasteiger partial charge in [0.2, 0.25) is 0 Å². The zero-order valence-electron chi connectivity index (χ0n) is 12.9. The van der Waals surface area contributed by atoms with Gasteiger partial charge in [-0.1, -0.05) is 40.9 Å². The number of aryl methyl sites for hydroxylation is 1. The second kappa shape index (κ2) is 8.01. The zero-order valence-corrected chi connectivity index (χ0v) is 16.0. The molecule has 0 bridgehead atoms. The molecule has 0 aromatic heterocycles. The van der Waals surface area contributed by atoms with Gasteiger partial charge in [0.25, 0.3) is 0 Å². The summed E-state index contributed by atoms with van der Waals surface area (Å²) in [5, 5.41) is 3.79. The molecule has 2 aromatic rings. The molecule has 0 heterocycles. The van der Waals surface area contributed by atoms with Gasteiger partial charge in [-0.2, -0.15) is 13.5 Å². The Morgan fingerprint density at radius 2 is 1.80 bits per heavy atom. The number of hydrogen-bond acceptors (Lipinski definition) is 5. The van der Waals surface area contributed by atoms with Crippen LogP contribution < -0.4 is 15.3 Å². The summed E-state index contributed by atoms with van der Waals surface area (Å²) in [5.74, 6) is -0.164. The van der Waals surface area contributed by atoms with Crippen LogP contribution in [-0.2, 0) is 10.1 Å². The Hall–Kier alpha value is -1.87. The van der Waals surface area contributed by atoms with Gasteiger partial charge < -0.3 is 9.92 Å². The van der Waals surface area contributed by atoms with Gasteiger partial charge in [0.1, 0.15) is 4.90 Å². The van der Waals surface area contributed by atoms with E-state index in [9.17, 15) is 8.42 Å². The van der Waals surface area contributed by atoms with Crippen molar-refractivity contribution in [2.75, 3.05) is 0 Å². The fraction of sp³-hybridized carbons (Fsp3) is 0.0667. The predicted molar refractivity (Wildman–Crippen MR) is 103 cm³/mol. The van der Waals surface area contributed by atoms with Crippen LogP contribution in [0.5, 0.6) is 5.75 Å². The Morgan fingerprint density at radius 3 is 2.32 bits per heavy atom. The molecule has 6 nitrogen and oxygen atoms in total. The predicted octanol–water partition coefficient (Wildman–Crippen LogP) is 3.24. The molecule has 0 fully saturated rings. The Balaban J connectivity index is 2.29. The molecule has 2 rings (SSSR count). The SMILES string of the molecule is Cc1ccc(S(=O)(=O)Oc2c(Cl)cc(/C=N\NC(N)=S)cc2Cl)cc1. The normalized spacial score (nSPS) is 11.5. The Morgan fingerprint density at radius 1 is 1.24 bits per heavy atom. The number of benzene rings is 2. The molecule has 10 heteroatoms. The van der Waals surface area contributed by atoms with Gasteiger partial charge in [-0.05, 0) is 49.0 Å². The fourth-order valence-electron chi connectivity index (χ4n) is 1.77. The summed E-state index contributed by atoms with van der Waals surface area (Å²) >= 11 is 16.8. The third-order valence-corrected chi connectivity index (χ3v) is 4.80. The topological polar surface area (TPSA) is 93.8 Å². The fourth-order valence-corrected chi connectivity index (χ4v) is 3.46. The molecular formula is C15H13Cl2N3O3S2. The number of halogens is 2. The van der Waals surface area contributed by atoms with Crippen molar-refractivity contribution in [2.24, 2.45) is 10.8 Å². The number of nitrogens with two attached hydrogens (primary N) is 1. The first-order chi connectivity index (χ1) is 11.7. The van der Waals surface area contributed by atoms with Crippen molar-refractivity contribution in [3.05, 3.63) is 57.6 Å². The molecule has 0 aliphatic heterocycles. The zero-order chi connectivity index (χ0) is 18.6. The van der Waals surface area contributed by atoms with Gasteiger partial charge >= 0.3 is 10.1 Å². The van der Waals surface area contributed by atoms with Gasteiger partial charge in [0, 0.05) is 0 Å². The highest BCUT2D eigenvalue weighted by Crippen LogP contribution is 2.35. The van der Waals surface area contributed by atoms with E-state index in [1.807, 2.05) is 6.92 Å². The van der Waals surface area contributed by atoms with E-state index >= 15 is 0 Å². The van der Waals surface area contributed by atoms with Gasteiger partial charge in [-0.25, -0.2) is 0 Å². The number of hydrogen-bond donors (Lipinski definition) is 2. The van der Waals surface area contributed by atoms with Crippen LogP contribution in [0.2, 0.25) is 10.0 Å². The first-order valence-corrected chi connectivity index (χ1v) is 9.35. The van der Waals surface area contributed by atoms with Crippen LogP contribution in [0, 0.1) is 6.92 Å². The van der Waals surface area contributed by atoms with Gasteiger partial charge in [-0.3, -0.25) is 5.43 Å². The van der Waals surface area contributed by atoms with Crippen LogP contribution in [0.25, 0.3) is 0 Å². The molecule has 0 unspecified atom stereocenters. The Kier molecular flexibility index (Phi) is 6.23. The van der Waals surface area contributed by atoms with E-state index in [4.69, 9.17) is 33.1 Å². The lowest BCUT2D eigenvalue weighted by molar-refractivity contribution is 0.486. The molecule has 0 saturated carbocycles. The lowest BCUT2D eigenvalue weighted by atomic mass is 10.2. The first-order valence-electron chi connectivity index (χ1n) is 6.78. The van der Waals surface area contributed by atoms with Crippen molar-refractivity contribution in [2.45, 2.75) is 11.8 Å². The summed E-state index contributed by atoms with van der Waals surface area (Å²) in [6.45, 7) is 1.84. The average molecular weight is 418 g/mol. The second-order valence-electron chi connectivity index (χ2n) is 4.90. The molecule has 2 aromatic carbocycles. The highest BCUT2D eigenvalue weighted by molar-refractivity contribution is 7.87. The second-order valence-corrected chi connectivity index (χ2v) is 7.70. The highest BCUT2D eigenvalue weighted by Gasteiger charge is 2.20. The number of rotatable bonds is 5. The molecule has 0 saturated heterocycles. The van der Waals surface area contributed by atoms with E-state index in [-0.39, 0.29) is 25.8 Å². The number of thiocarbonyl (C=S) groups is 1. The lowest BCUT2D eigenvalue weighted by Crippen LogP contribution is -2.23. The van der Waals surface area contributed by atoms with E-state index in [1.165, 1.54) is 30.5 Å². The van der Waals surface area contributed by atoms with E-state index in [0.29, 0.717) is 5.56 Å². The molecule has 0 radical (unpaired) electrons. The monoisotopic (exact) mass is 417 g/mol. The van der Waals surface area contributed by atoms with Crippen molar-refractivity contribution in [1.29, 1.82) is 0 Å². The minimum Gasteiger partial charge on any atom is -0.376 e. The standard InChI is InChI=1S/C15H13Cl2N3O3S2/c1-9-2-4-11(5-3-9)25(21,22)23-14-12(16)6-10(7-13(14)17)8-19-20-15(18)24/h2-8H,1H3,(H3,18,20,24)/b19-8-. The molecular weight excluding hydrogens is 405 g/mol. The Bertz CT molecular complexity index is 907. The maximum Gasteiger partial charge on any atom is 0.339 e. The molecule has 0 atom stereocenters. The van der Waals surface area contributed by atoms with Crippen LogP contribution in [0.4, 0.5) is 0 Å². The summed E-state index contributed by atoms with van der Waals surface area (Å²) in [6.07, 6.45) is 1.37. The number of hydrazone groups is 1. The van der Waals surface area contributed by atoms with Crippen molar-refractivity contribution in [1.82, 2.24) is 5.43 Å². The summed E-state index contributed by atoms with van der Waals surface area (Å²) in [7, 11) is -4.06. The quantitative estimate of drug-likeness (QED) is 0.335. The summed E-state index contributed by atoms with van der Waals surface area (Å²) in [5.41, 5.74) is 9.04. The van der Waals surface area contributed by atoms with Gasteiger partial charge in [-0.15, -0.1) is 0 Å². The smallest absolute Gasteiger partial charge is 0.339 e. The summed E-state index contributed by atoms with van der Waals surface area (Å²) < 4.78 is 29.8. The molecule has 0 spiro atoms. The van der Waals surface area contributed by atoms with E-state index < -0.39 is 10.1 Å². The third-order valence-electron chi connectivity index (χ3n) is 2.91. The van der Waals surface area contributed by atoms with Crippen LogP contribution in [-0.4, -0.2) is 19.7 Å². The average Bonchev–Trinajstić information content (AvgIpc) is 2.51. The maximum atomic E-state index is 12.3. The highest BCUT2D eigenvalue weighted by atomic mass is 35.5. The van der Waals surface area contributed by atoms with Crippen LogP contribution in [0.3, 0.4) is 0 Å². The van der Waals surface area contributed by atoms with Crippen LogP contribution in [0.15, 0.2) is 46.4 Å². The summed E-state index contributed by atoms with van der Waals surface area (Å²) in [6, 6.07) is 9.09. The van der Waals surface area contributed by atoms with Crippen molar-refractivity contribution >= 4 is 56.9 Å². The van der Waals surface area contributed by atoms with Gasteiger partial charge in [0.05, 0.1) is 16.3 Å². The van der Waals surface area contributed by atoms with E-state index in [1.54, 1.807) is 12.1 Å². The van der Waals surface area contributed by atoms with E-state index in [2.05, 4.69) is 22.7 Å². The van der Waals surface area contributed by atoms with Crippen LogP contribution in [0.1, 0.15) is 11.1 Å². The molecule has 0 aliphatic carbocycles. The molecule has 0 amide bonds. The van der Waals surface area contributed by atoms with Crippen molar-refractivity contribution < 1.29 is 12.6 Å². The maximum absolute atomic E-state index is 12.3. The third kappa shape index (κ3) is 5.30. The van der Waals surface area contributed by atoms with Crippen LogP contribution >= 0.6 is 35.4 Å². The summed E-state index contributed by atoms with van der Waals surface area (Å²) in [4.78, 5) is -0.00321. The first kappa shape index (κ1) is 19.5. The minimum absolute atomic E-state index is 0.00223. The van der Waals surface area contributed by atoms with E-state index in [0.717, 1.165) is 5.56 Å². The molecule has 25 heavy (non-hydrogen) atoms. The largest absolute Gasteiger partial charge is 0.376 e. The number of nitrogens with zero attached hydrogens (tertiary/aromatic N) is 1. The number of nitrogens with one attached hydrogen (secondary N) is 1.